The van der Waals surface area contributed by atoms with Crippen LogP contribution in [-0.2, 0) is 11.2 Å². The second-order valence-electron chi connectivity index (χ2n) is 6.75. The molecule has 2 heterocycles. The lowest BCUT2D eigenvalue weighted by Gasteiger charge is -2.30. The van der Waals surface area contributed by atoms with E-state index in [9.17, 15) is 4.79 Å². The number of aromatic nitrogens is 1. The fourth-order valence-corrected chi connectivity index (χ4v) is 4.38. The molecule has 1 aliphatic rings. The number of carbonyl (C=O) groups is 1. The maximum atomic E-state index is 12.6. The highest BCUT2D eigenvalue weighted by atomic mass is 79.9. The Kier molecular flexibility index (Phi) is 5.27. The predicted molar refractivity (Wildman–Crippen MR) is 116 cm³/mol. The maximum absolute atomic E-state index is 12.6. The lowest BCUT2D eigenvalue weighted by Crippen LogP contribution is -2.36. The molecule has 1 aromatic heterocycles. The molecule has 4 nitrogen and oxygen atoms in total. The van der Waals surface area contributed by atoms with E-state index >= 15 is 0 Å². The van der Waals surface area contributed by atoms with Crippen LogP contribution in [0.25, 0.3) is 11.3 Å². The molecule has 138 valence electrons. The van der Waals surface area contributed by atoms with Crippen molar-refractivity contribution in [3.05, 3.63) is 63.4 Å². The fourth-order valence-electron chi connectivity index (χ4n) is 3.38. The molecule has 2 aromatic carbocycles. The van der Waals surface area contributed by atoms with Gasteiger partial charge in [-0.3, -0.25) is 4.79 Å². The highest BCUT2D eigenvalue weighted by Gasteiger charge is 2.19. The topological polar surface area (TPSA) is 45.2 Å². The smallest absolute Gasteiger partial charge is 0.245 e. The first-order valence-electron chi connectivity index (χ1n) is 8.94. The van der Waals surface area contributed by atoms with Crippen molar-refractivity contribution in [1.82, 2.24) is 4.98 Å². The van der Waals surface area contributed by atoms with Crippen LogP contribution in [0.3, 0.4) is 0 Å². The Bertz CT molecular complexity index is 968. The molecule has 1 amide bonds. The van der Waals surface area contributed by atoms with Gasteiger partial charge in [0.15, 0.2) is 5.13 Å². The molecule has 3 aromatic rings. The SMILES string of the molecule is Cc1ccc2c(c1)CCCN2CC(=O)Nc1nc(-c2ccc(Br)cc2)cs1. The molecule has 1 N–H and O–H groups in total. The van der Waals surface area contributed by atoms with E-state index in [4.69, 9.17) is 0 Å². The van der Waals surface area contributed by atoms with Gasteiger partial charge in [-0.25, -0.2) is 4.98 Å². The van der Waals surface area contributed by atoms with Gasteiger partial charge in [0.1, 0.15) is 0 Å². The molecule has 0 atom stereocenters. The third-order valence-electron chi connectivity index (χ3n) is 4.67. The van der Waals surface area contributed by atoms with E-state index in [1.807, 2.05) is 29.6 Å². The minimum absolute atomic E-state index is 0.0277. The zero-order valence-corrected chi connectivity index (χ0v) is 17.4. The summed E-state index contributed by atoms with van der Waals surface area (Å²) in [6.45, 7) is 3.37. The zero-order chi connectivity index (χ0) is 18.8. The number of fused-ring (bicyclic) bond motifs is 1. The van der Waals surface area contributed by atoms with Crippen LogP contribution < -0.4 is 10.2 Å². The quantitative estimate of drug-likeness (QED) is 0.599. The molecule has 27 heavy (non-hydrogen) atoms. The summed E-state index contributed by atoms with van der Waals surface area (Å²) in [6.07, 6.45) is 2.16. The summed E-state index contributed by atoms with van der Waals surface area (Å²) < 4.78 is 1.03. The monoisotopic (exact) mass is 441 g/mol. The van der Waals surface area contributed by atoms with Gasteiger partial charge in [-0.15, -0.1) is 11.3 Å². The van der Waals surface area contributed by atoms with E-state index in [-0.39, 0.29) is 5.91 Å². The number of aryl methyl sites for hydroxylation is 2. The minimum Gasteiger partial charge on any atom is -0.362 e. The third-order valence-corrected chi connectivity index (χ3v) is 5.96. The Labute approximate surface area is 171 Å². The average Bonchev–Trinajstić information content (AvgIpc) is 3.10. The molecule has 1 aliphatic heterocycles. The van der Waals surface area contributed by atoms with Gasteiger partial charge in [0.2, 0.25) is 5.91 Å². The van der Waals surface area contributed by atoms with Crippen LogP contribution in [0.5, 0.6) is 0 Å². The highest BCUT2D eigenvalue weighted by Crippen LogP contribution is 2.29. The number of hydrogen-bond donors (Lipinski definition) is 1. The molecule has 4 rings (SSSR count). The summed E-state index contributed by atoms with van der Waals surface area (Å²) in [5.74, 6) is -0.0277. The Hall–Kier alpha value is -2.18. The predicted octanol–water partition coefficient (Wildman–Crippen LogP) is 5.27. The van der Waals surface area contributed by atoms with Crippen LogP contribution in [-0.4, -0.2) is 24.0 Å². The lowest BCUT2D eigenvalue weighted by molar-refractivity contribution is -0.115. The maximum Gasteiger partial charge on any atom is 0.245 e. The van der Waals surface area contributed by atoms with Gasteiger partial charge in [-0.05, 0) is 43.5 Å². The second kappa shape index (κ2) is 7.82. The number of hydrogen-bond acceptors (Lipinski definition) is 4. The van der Waals surface area contributed by atoms with E-state index in [1.54, 1.807) is 0 Å². The van der Waals surface area contributed by atoms with Crippen LogP contribution in [0.2, 0.25) is 0 Å². The van der Waals surface area contributed by atoms with Crippen LogP contribution >= 0.6 is 27.3 Å². The average molecular weight is 442 g/mol. The molecule has 6 heteroatoms. The number of thiazole rings is 1. The zero-order valence-electron chi connectivity index (χ0n) is 15.0. The normalized spacial score (nSPS) is 13.3. The highest BCUT2D eigenvalue weighted by molar-refractivity contribution is 9.10. The van der Waals surface area contributed by atoms with Gasteiger partial charge in [-0.1, -0.05) is 45.8 Å². The van der Waals surface area contributed by atoms with E-state index in [1.165, 1.54) is 28.2 Å². The van der Waals surface area contributed by atoms with Gasteiger partial charge in [-0.2, -0.15) is 0 Å². The summed E-state index contributed by atoms with van der Waals surface area (Å²) in [4.78, 5) is 19.3. The molecule has 0 saturated heterocycles. The number of nitrogens with zero attached hydrogens (tertiary/aromatic N) is 2. The second-order valence-corrected chi connectivity index (χ2v) is 8.52. The third kappa shape index (κ3) is 4.22. The van der Waals surface area contributed by atoms with Crippen molar-refractivity contribution in [3.63, 3.8) is 0 Å². The first kappa shape index (κ1) is 18.2. The molecular formula is C21H20BrN3OS. The van der Waals surface area contributed by atoms with Crippen LogP contribution in [0.4, 0.5) is 10.8 Å². The van der Waals surface area contributed by atoms with Gasteiger partial charge in [0.05, 0.1) is 12.2 Å². The molecule has 0 bridgehead atoms. The van der Waals surface area contributed by atoms with Crippen molar-refractivity contribution >= 4 is 44.0 Å². The van der Waals surface area contributed by atoms with Gasteiger partial charge in [0, 0.05) is 27.6 Å². The number of benzene rings is 2. The Morgan fingerprint density at radius 2 is 2.07 bits per heavy atom. The Morgan fingerprint density at radius 1 is 1.26 bits per heavy atom. The van der Waals surface area contributed by atoms with Crippen LogP contribution in [0.1, 0.15) is 17.5 Å². The number of nitrogens with one attached hydrogen (secondary N) is 1. The summed E-state index contributed by atoms with van der Waals surface area (Å²) in [5.41, 5.74) is 5.69. The lowest BCUT2D eigenvalue weighted by atomic mass is 9.99. The van der Waals surface area contributed by atoms with Gasteiger partial charge < -0.3 is 10.2 Å². The van der Waals surface area contributed by atoms with Crippen LogP contribution in [0, 0.1) is 6.92 Å². The number of amides is 1. The van der Waals surface area contributed by atoms with E-state index < -0.39 is 0 Å². The van der Waals surface area contributed by atoms with Crippen molar-refractivity contribution in [3.8, 4) is 11.3 Å². The number of anilines is 2. The van der Waals surface area contributed by atoms with Crippen LogP contribution in [0.15, 0.2) is 52.3 Å². The van der Waals surface area contributed by atoms with Crippen molar-refractivity contribution < 1.29 is 4.79 Å². The fraction of sp³-hybridized carbons (Fsp3) is 0.238. The molecule has 0 fully saturated rings. The molecule has 0 saturated carbocycles. The van der Waals surface area contributed by atoms with Crippen molar-refractivity contribution in [2.24, 2.45) is 0 Å². The molecule has 0 aliphatic carbocycles. The number of carbonyl (C=O) groups excluding carboxylic acids is 1. The first-order valence-corrected chi connectivity index (χ1v) is 10.6. The van der Waals surface area contributed by atoms with Crippen molar-refractivity contribution in [1.29, 1.82) is 0 Å². The molecule has 0 radical (unpaired) electrons. The Morgan fingerprint density at radius 3 is 2.89 bits per heavy atom. The van der Waals surface area contributed by atoms with E-state index in [2.05, 4.69) is 56.3 Å². The van der Waals surface area contributed by atoms with Crippen molar-refractivity contribution in [2.45, 2.75) is 19.8 Å². The molecule has 0 unspecified atom stereocenters. The summed E-state index contributed by atoms with van der Waals surface area (Å²) >= 11 is 4.89. The minimum atomic E-state index is -0.0277. The largest absolute Gasteiger partial charge is 0.362 e. The summed E-state index contributed by atoms with van der Waals surface area (Å²) in [7, 11) is 0. The number of rotatable bonds is 4. The van der Waals surface area contributed by atoms with Gasteiger partial charge in [0.25, 0.3) is 0 Å². The van der Waals surface area contributed by atoms with E-state index in [0.29, 0.717) is 11.7 Å². The van der Waals surface area contributed by atoms with Gasteiger partial charge >= 0.3 is 0 Å². The first-order chi connectivity index (χ1) is 13.1. The molecule has 0 spiro atoms. The number of halogens is 1. The van der Waals surface area contributed by atoms with E-state index in [0.717, 1.165) is 35.1 Å². The standard InChI is InChI=1S/C21H20BrN3OS/c1-14-4-9-19-16(11-14)3-2-10-25(19)12-20(26)24-21-23-18(13-27-21)15-5-7-17(22)8-6-15/h4-9,11,13H,2-3,10,12H2,1H3,(H,23,24,26). The summed E-state index contributed by atoms with van der Waals surface area (Å²) in [6, 6.07) is 14.5. The summed E-state index contributed by atoms with van der Waals surface area (Å²) in [5, 5.41) is 5.56. The van der Waals surface area contributed by atoms with Crippen molar-refractivity contribution in [2.75, 3.05) is 23.3 Å². The Balaban J connectivity index is 1.43. The molecular weight excluding hydrogens is 422 g/mol.